The van der Waals surface area contributed by atoms with E-state index in [1.54, 1.807) is 33.0 Å². The monoisotopic (exact) mass is 268 g/mol. The molecule has 0 fully saturated rings. The van der Waals surface area contributed by atoms with E-state index in [1.165, 1.54) is 4.31 Å². The van der Waals surface area contributed by atoms with Gasteiger partial charge in [-0.25, -0.2) is 8.42 Å². The van der Waals surface area contributed by atoms with Gasteiger partial charge in [-0.3, -0.25) is 0 Å². The van der Waals surface area contributed by atoms with Crippen LogP contribution in [0.25, 0.3) is 0 Å². The van der Waals surface area contributed by atoms with Gasteiger partial charge < -0.3 is 5.73 Å². The fourth-order valence-corrected chi connectivity index (χ4v) is 3.32. The molecule has 18 heavy (non-hydrogen) atoms. The van der Waals surface area contributed by atoms with Crippen LogP contribution in [0.1, 0.15) is 18.1 Å². The molecule has 1 aromatic carbocycles. The van der Waals surface area contributed by atoms with Crippen molar-refractivity contribution in [2.75, 3.05) is 19.3 Å². The molecule has 0 atom stereocenters. The summed E-state index contributed by atoms with van der Waals surface area (Å²) in [6, 6.07) is 3.42. The van der Waals surface area contributed by atoms with E-state index in [1.807, 2.05) is 6.92 Å². The molecule has 0 radical (unpaired) electrons. The van der Waals surface area contributed by atoms with Crippen LogP contribution in [0, 0.1) is 13.8 Å². The molecule has 1 aromatic rings. The summed E-state index contributed by atoms with van der Waals surface area (Å²) in [6.45, 7) is 9.37. The molecule has 0 aromatic heterocycles. The maximum Gasteiger partial charge on any atom is 0.243 e. The highest BCUT2D eigenvalue weighted by Gasteiger charge is 2.23. The lowest BCUT2D eigenvalue weighted by molar-refractivity contribution is 0.492. The molecule has 0 unspecified atom stereocenters. The summed E-state index contributed by atoms with van der Waals surface area (Å²) in [6.07, 6.45) is 0. The number of nitrogens with two attached hydrogens (primary N) is 1. The van der Waals surface area contributed by atoms with Gasteiger partial charge in [-0.2, -0.15) is 4.31 Å². The van der Waals surface area contributed by atoms with E-state index in [-0.39, 0.29) is 4.90 Å². The molecule has 100 valence electrons. The standard InChI is InChI=1S/C13H20N2O2S/c1-9(2)8-15(5)18(16,17)13-7-10(3)6-12(14)11(13)4/h6-7H,1,8,14H2,2-5H3. The maximum atomic E-state index is 12.4. The Morgan fingerprint density at radius 1 is 1.39 bits per heavy atom. The summed E-state index contributed by atoms with van der Waals surface area (Å²) in [5.74, 6) is 0. The Labute approximate surface area is 109 Å². The Kier molecular flexibility index (Phi) is 4.19. The zero-order valence-electron chi connectivity index (χ0n) is 11.3. The first-order valence-electron chi connectivity index (χ1n) is 5.63. The Morgan fingerprint density at radius 3 is 2.44 bits per heavy atom. The number of rotatable bonds is 4. The molecular weight excluding hydrogens is 248 g/mol. The first-order valence-corrected chi connectivity index (χ1v) is 7.07. The van der Waals surface area contributed by atoms with Crippen LogP contribution >= 0.6 is 0 Å². The summed E-state index contributed by atoms with van der Waals surface area (Å²) in [7, 11) is -1.97. The molecule has 0 saturated heterocycles. The third kappa shape index (κ3) is 2.91. The van der Waals surface area contributed by atoms with Crippen LogP contribution < -0.4 is 5.73 Å². The normalized spacial score (nSPS) is 11.8. The summed E-state index contributed by atoms with van der Waals surface area (Å²) in [5.41, 5.74) is 8.53. The zero-order chi connectivity index (χ0) is 14.1. The Balaban J connectivity index is 3.33. The number of anilines is 1. The molecule has 0 heterocycles. The number of nitrogen functional groups attached to an aromatic ring is 1. The predicted octanol–water partition coefficient (Wildman–Crippen LogP) is 2.08. The van der Waals surface area contributed by atoms with E-state index in [2.05, 4.69) is 6.58 Å². The first kappa shape index (κ1) is 14.7. The van der Waals surface area contributed by atoms with Crippen molar-refractivity contribution in [3.05, 3.63) is 35.4 Å². The second-order valence-electron chi connectivity index (χ2n) is 4.70. The van der Waals surface area contributed by atoms with Crippen molar-refractivity contribution in [1.29, 1.82) is 0 Å². The van der Waals surface area contributed by atoms with E-state index < -0.39 is 10.0 Å². The van der Waals surface area contributed by atoms with E-state index in [0.717, 1.165) is 11.1 Å². The molecule has 0 bridgehead atoms. The topological polar surface area (TPSA) is 63.4 Å². The summed E-state index contributed by atoms with van der Waals surface area (Å²) < 4.78 is 26.1. The zero-order valence-corrected chi connectivity index (χ0v) is 12.1. The number of hydrogen-bond acceptors (Lipinski definition) is 3. The number of likely N-dealkylation sites (N-methyl/N-ethyl adjacent to an activating group) is 1. The van der Waals surface area contributed by atoms with Gasteiger partial charge in [-0.15, -0.1) is 0 Å². The molecule has 0 spiro atoms. The largest absolute Gasteiger partial charge is 0.398 e. The molecule has 2 N–H and O–H groups in total. The molecule has 4 nitrogen and oxygen atoms in total. The maximum absolute atomic E-state index is 12.4. The van der Waals surface area contributed by atoms with Crippen LogP contribution in [-0.4, -0.2) is 26.3 Å². The first-order chi connectivity index (χ1) is 8.16. The van der Waals surface area contributed by atoms with Crippen molar-refractivity contribution in [1.82, 2.24) is 4.31 Å². The highest BCUT2D eigenvalue weighted by atomic mass is 32.2. The van der Waals surface area contributed by atoms with Gasteiger partial charge in [-0.1, -0.05) is 12.2 Å². The van der Waals surface area contributed by atoms with Crippen LogP contribution in [0.15, 0.2) is 29.2 Å². The fraction of sp³-hybridized carbons (Fsp3) is 0.385. The second kappa shape index (κ2) is 5.12. The SMILES string of the molecule is C=C(C)CN(C)S(=O)(=O)c1cc(C)cc(N)c1C. The van der Waals surface area contributed by atoms with Crippen LogP contribution in [0.2, 0.25) is 0 Å². The van der Waals surface area contributed by atoms with Crippen LogP contribution in [0.4, 0.5) is 5.69 Å². The minimum atomic E-state index is -3.52. The molecule has 0 aliphatic rings. The number of sulfonamides is 1. The summed E-state index contributed by atoms with van der Waals surface area (Å²) in [4.78, 5) is 0.267. The van der Waals surface area contributed by atoms with Crippen molar-refractivity contribution < 1.29 is 8.42 Å². The Bertz CT molecular complexity index is 577. The lowest BCUT2D eigenvalue weighted by Gasteiger charge is -2.19. The average Bonchev–Trinajstić information content (AvgIpc) is 2.22. The van der Waals surface area contributed by atoms with Crippen molar-refractivity contribution >= 4 is 15.7 Å². The van der Waals surface area contributed by atoms with Crippen molar-refractivity contribution in [3.8, 4) is 0 Å². The smallest absolute Gasteiger partial charge is 0.243 e. The van der Waals surface area contributed by atoms with Gasteiger partial charge in [0.2, 0.25) is 10.0 Å². The van der Waals surface area contributed by atoms with E-state index >= 15 is 0 Å². The average molecular weight is 268 g/mol. The van der Waals surface area contributed by atoms with Crippen LogP contribution in [-0.2, 0) is 10.0 Å². The number of nitrogens with zero attached hydrogens (tertiary/aromatic N) is 1. The van der Waals surface area contributed by atoms with Crippen molar-refractivity contribution in [2.45, 2.75) is 25.7 Å². The second-order valence-corrected chi connectivity index (χ2v) is 6.71. The van der Waals surface area contributed by atoms with Gasteiger partial charge in [-0.05, 0) is 44.0 Å². The molecule has 0 aliphatic heterocycles. The molecular formula is C13H20N2O2S. The highest BCUT2D eigenvalue weighted by molar-refractivity contribution is 7.89. The van der Waals surface area contributed by atoms with Gasteiger partial charge in [0.1, 0.15) is 0 Å². The van der Waals surface area contributed by atoms with Crippen molar-refractivity contribution in [2.24, 2.45) is 0 Å². The molecule has 0 amide bonds. The fourth-order valence-electron chi connectivity index (χ4n) is 1.75. The minimum absolute atomic E-state index is 0.267. The predicted molar refractivity (Wildman–Crippen MR) is 75.0 cm³/mol. The van der Waals surface area contributed by atoms with Gasteiger partial charge >= 0.3 is 0 Å². The van der Waals surface area contributed by atoms with E-state index in [4.69, 9.17) is 5.73 Å². The highest BCUT2D eigenvalue weighted by Crippen LogP contribution is 2.25. The minimum Gasteiger partial charge on any atom is -0.398 e. The summed E-state index contributed by atoms with van der Waals surface area (Å²) >= 11 is 0. The number of benzene rings is 1. The molecule has 5 heteroatoms. The van der Waals surface area contributed by atoms with Gasteiger partial charge in [0, 0.05) is 19.3 Å². The third-order valence-electron chi connectivity index (χ3n) is 2.73. The van der Waals surface area contributed by atoms with Crippen LogP contribution in [0.3, 0.4) is 0 Å². The van der Waals surface area contributed by atoms with Crippen LogP contribution in [0.5, 0.6) is 0 Å². The van der Waals surface area contributed by atoms with E-state index in [0.29, 0.717) is 17.8 Å². The molecule has 0 aliphatic carbocycles. The molecule has 0 saturated carbocycles. The van der Waals surface area contributed by atoms with Gasteiger partial charge in [0.15, 0.2) is 0 Å². The molecule has 1 rings (SSSR count). The van der Waals surface area contributed by atoms with Gasteiger partial charge in [0.25, 0.3) is 0 Å². The lowest BCUT2D eigenvalue weighted by atomic mass is 10.1. The van der Waals surface area contributed by atoms with Gasteiger partial charge in [0.05, 0.1) is 4.90 Å². The Morgan fingerprint density at radius 2 is 1.94 bits per heavy atom. The van der Waals surface area contributed by atoms with Crippen molar-refractivity contribution in [3.63, 3.8) is 0 Å². The quantitative estimate of drug-likeness (QED) is 0.671. The third-order valence-corrected chi connectivity index (χ3v) is 4.65. The number of aryl methyl sites for hydroxylation is 1. The number of hydrogen-bond donors (Lipinski definition) is 1. The summed E-state index contributed by atoms with van der Waals surface area (Å²) in [5, 5.41) is 0. The Hall–Kier alpha value is -1.33. The van der Waals surface area contributed by atoms with E-state index in [9.17, 15) is 8.42 Å². The lowest BCUT2D eigenvalue weighted by Crippen LogP contribution is -2.29.